The van der Waals surface area contributed by atoms with Gasteiger partial charge in [-0.1, -0.05) is 15.9 Å². The summed E-state index contributed by atoms with van der Waals surface area (Å²) in [7, 11) is 0. The third-order valence-corrected chi connectivity index (χ3v) is 3.91. The molecule has 0 aliphatic carbocycles. The van der Waals surface area contributed by atoms with Crippen LogP contribution in [0, 0.1) is 5.92 Å². The highest BCUT2D eigenvalue weighted by molar-refractivity contribution is 9.10. The fraction of sp³-hybridized carbons (Fsp3) is 0.429. The Bertz CT molecular complexity index is 504. The normalized spacial score (nSPS) is 19.7. The standard InChI is InChI=1S/C14H17BrN2O3/c1-9(20-12-4-2-11(15)3-5-12)14(19)17-7-6-10(8-17)13(16)18/h2-5,9-10H,6-8H2,1H3,(H2,16,18)/t9-,10-/m0/s1. The van der Waals surface area contributed by atoms with Gasteiger partial charge in [0.05, 0.1) is 5.92 Å². The van der Waals surface area contributed by atoms with E-state index in [0.717, 1.165) is 4.47 Å². The Morgan fingerprint density at radius 1 is 1.40 bits per heavy atom. The van der Waals surface area contributed by atoms with E-state index in [1.807, 2.05) is 12.1 Å². The molecule has 0 bridgehead atoms. The van der Waals surface area contributed by atoms with E-state index in [4.69, 9.17) is 10.5 Å². The fourth-order valence-corrected chi connectivity index (χ4v) is 2.48. The lowest BCUT2D eigenvalue weighted by atomic mass is 10.1. The largest absolute Gasteiger partial charge is 0.481 e. The quantitative estimate of drug-likeness (QED) is 0.903. The number of rotatable bonds is 4. The van der Waals surface area contributed by atoms with Crippen molar-refractivity contribution in [1.82, 2.24) is 4.90 Å². The highest BCUT2D eigenvalue weighted by Gasteiger charge is 2.32. The zero-order valence-electron chi connectivity index (χ0n) is 11.2. The van der Waals surface area contributed by atoms with Crippen LogP contribution in [-0.2, 0) is 9.59 Å². The first-order chi connectivity index (χ1) is 9.47. The van der Waals surface area contributed by atoms with Crippen LogP contribution < -0.4 is 10.5 Å². The Morgan fingerprint density at radius 3 is 2.60 bits per heavy atom. The second-order valence-corrected chi connectivity index (χ2v) is 5.80. The van der Waals surface area contributed by atoms with Crippen molar-refractivity contribution in [1.29, 1.82) is 0 Å². The summed E-state index contributed by atoms with van der Waals surface area (Å²) in [6.45, 7) is 2.66. The molecule has 0 saturated carbocycles. The molecule has 0 aromatic heterocycles. The van der Waals surface area contributed by atoms with Gasteiger partial charge >= 0.3 is 0 Å². The summed E-state index contributed by atoms with van der Waals surface area (Å²) < 4.78 is 6.56. The summed E-state index contributed by atoms with van der Waals surface area (Å²) >= 11 is 3.34. The first kappa shape index (κ1) is 14.8. The first-order valence-electron chi connectivity index (χ1n) is 6.47. The predicted molar refractivity (Wildman–Crippen MR) is 78.1 cm³/mol. The predicted octanol–water partition coefficient (Wildman–Crippen LogP) is 1.55. The summed E-state index contributed by atoms with van der Waals surface area (Å²) in [6, 6.07) is 7.30. The Morgan fingerprint density at radius 2 is 2.05 bits per heavy atom. The molecule has 0 spiro atoms. The summed E-state index contributed by atoms with van der Waals surface area (Å²) in [5.74, 6) is -0.0584. The van der Waals surface area contributed by atoms with Crippen molar-refractivity contribution in [3.8, 4) is 5.75 Å². The molecule has 1 heterocycles. The molecule has 1 aromatic rings. The zero-order chi connectivity index (χ0) is 14.7. The van der Waals surface area contributed by atoms with Gasteiger partial charge in [-0.15, -0.1) is 0 Å². The van der Waals surface area contributed by atoms with Crippen molar-refractivity contribution in [2.45, 2.75) is 19.4 Å². The lowest BCUT2D eigenvalue weighted by molar-refractivity contribution is -0.137. The number of halogens is 1. The Balaban J connectivity index is 1.92. The Kier molecular flexibility index (Phi) is 4.65. The second kappa shape index (κ2) is 6.26. The van der Waals surface area contributed by atoms with Gasteiger partial charge in [0.1, 0.15) is 5.75 Å². The van der Waals surface area contributed by atoms with Gasteiger partial charge in [0, 0.05) is 17.6 Å². The molecule has 2 amide bonds. The molecule has 0 radical (unpaired) electrons. The van der Waals surface area contributed by atoms with E-state index in [0.29, 0.717) is 25.3 Å². The number of hydrogen-bond donors (Lipinski definition) is 1. The molecule has 1 aliphatic rings. The minimum absolute atomic E-state index is 0.114. The Labute approximate surface area is 126 Å². The van der Waals surface area contributed by atoms with Crippen LogP contribution in [0.5, 0.6) is 5.75 Å². The van der Waals surface area contributed by atoms with E-state index in [1.165, 1.54) is 0 Å². The smallest absolute Gasteiger partial charge is 0.263 e. The molecular weight excluding hydrogens is 324 g/mol. The highest BCUT2D eigenvalue weighted by atomic mass is 79.9. The molecule has 20 heavy (non-hydrogen) atoms. The van der Waals surface area contributed by atoms with Crippen molar-refractivity contribution in [2.75, 3.05) is 13.1 Å². The van der Waals surface area contributed by atoms with Gasteiger partial charge in [0.15, 0.2) is 6.10 Å². The van der Waals surface area contributed by atoms with E-state index < -0.39 is 6.10 Å². The maximum absolute atomic E-state index is 12.2. The van der Waals surface area contributed by atoms with Gasteiger partial charge in [-0.3, -0.25) is 9.59 Å². The lowest BCUT2D eigenvalue weighted by Gasteiger charge is -2.21. The molecule has 2 rings (SSSR count). The number of likely N-dealkylation sites (tertiary alicyclic amines) is 1. The van der Waals surface area contributed by atoms with Crippen LogP contribution in [0.25, 0.3) is 0 Å². The summed E-state index contributed by atoms with van der Waals surface area (Å²) in [6.07, 6.45) is 0.0503. The van der Waals surface area contributed by atoms with Crippen LogP contribution in [0.3, 0.4) is 0 Å². The van der Waals surface area contributed by atoms with Crippen LogP contribution in [0.4, 0.5) is 0 Å². The molecule has 2 atom stereocenters. The van der Waals surface area contributed by atoms with Crippen LogP contribution >= 0.6 is 15.9 Å². The third-order valence-electron chi connectivity index (χ3n) is 3.38. The molecule has 1 saturated heterocycles. The molecule has 2 N–H and O–H groups in total. The summed E-state index contributed by atoms with van der Waals surface area (Å²) in [5.41, 5.74) is 5.26. The number of carbonyl (C=O) groups is 2. The first-order valence-corrected chi connectivity index (χ1v) is 7.27. The number of nitrogens with zero attached hydrogens (tertiary/aromatic N) is 1. The van der Waals surface area contributed by atoms with Gasteiger partial charge < -0.3 is 15.4 Å². The molecule has 5 nitrogen and oxygen atoms in total. The van der Waals surface area contributed by atoms with Crippen molar-refractivity contribution in [3.05, 3.63) is 28.7 Å². The molecule has 1 aliphatic heterocycles. The number of carbonyl (C=O) groups excluding carboxylic acids is 2. The van der Waals surface area contributed by atoms with Gasteiger partial charge in [-0.05, 0) is 37.6 Å². The van der Waals surface area contributed by atoms with E-state index in [-0.39, 0.29) is 17.7 Å². The highest BCUT2D eigenvalue weighted by Crippen LogP contribution is 2.20. The maximum Gasteiger partial charge on any atom is 0.263 e. The van der Waals surface area contributed by atoms with Gasteiger partial charge in [-0.25, -0.2) is 0 Å². The number of amides is 2. The van der Waals surface area contributed by atoms with Gasteiger partial charge in [-0.2, -0.15) is 0 Å². The molecule has 0 unspecified atom stereocenters. The van der Waals surface area contributed by atoms with Crippen LogP contribution in [0.2, 0.25) is 0 Å². The number of nitrogens with two attached hydrogens (primary N) is 1. The van der Waals surface area contributed by atoms with E-state index in [2.05, 4.69) is 15.9 Å². The SMILES string of the molecule is C[C@H](Oc1ccc(Br)cc1)C(=O)N1CC[C@H](C(N)=O)C1. The molecule has 1 fully saturated rings. The molecular formula is C14H17BrN2O3. The molecule has 108 valence electrons. The summed E-state index contributed by atoms with van der Waals surface area (Å²) in [4.78, 5) is 25.0. The van der Waals surface area contributed by atoms with E-state index in [1.54, 1.807) is 24.0 Å². The van der Waals surface area contributed by atoms with Gasteiger partial charge in [0.25, 0.3) is 5.91 Å². The topological polar surface area (TPSA) is 72.6 Å². The van der Waals surface area contributed by atoms with Crippen molar-refractivity contribution in [3.63, 3.8) is 0 Å². The maximum atomic E-state index is 12.2. The monoisotopic (exact) mass is 340 g/mol. The van der Waals surface area contributed by atoms with Crippen molar-refractivity contribution < 1.29 is 14.3 Å². The third kappa shape index (κ3) is 3.50. The average Bonchev–Trinajstić information content (AvgIpc) is 2.90. The van der Waals surface area contributed by atoms with E-state index >= 15 is 0 Å². The Hall–Kier alpha value is -1.56. The van der Waals surface area contributed by atoms with Crippen LogP contribution in [0.1, 0.15) is 13.3 Å². The number of benzene rings is 1. The summed E-state index contributed by atoms with van der Waals surface area (Å²) in [5, 5.41) is 0. The molecule has 6 heteroatoms. The molecule has 1 aromatic carbocycles. The van der Waals surface area contributed by atoms with Crippen LogP contribution in [0.15, 0.2) is 28.7 Å². The second-order valence-electron chi connectivity index (χ2n) is 4.89. The minimum atomic E-state index is -0.581. The van der Waals surface area contributed by atoms with Crippen LogP contribution in [-0.4, -0.2) is 35.9 Å². The average molecular weight is 341 g/mol. The van der Waals surface area contributed by atoms with Gasteiger partial charge in [0.2, 0.25) is 5.91 Å². The number of ether oxygens (including phenoxy) is 1. The minimum Gasteiger partial charge on any atom is -0.481 e. The lowest BCUT2D eigenvalue weighted by Crippen LogP contribution is -2.40. The number of primary amides is 1. The van der Waals surface area contributed by atoms with E-state index in [9.17, 15) is 9.59 Å². The van der Waals surface area contributed by atoms with Crippen molar-refractivity contribution >= 4 is 27.7 Å². The zero-order valence-corrected chi connectivity index (χ0v) is 12.8. The number of hydrogen-bond acceptors (Lipinski definition) is 3. The van der Waals surface area contributed by atoms with Crippen molar-refractivity contribution in [2.24, 2.45) is 11.7 Å². The fourth-order valence-electron chi connectivity index (χ4n) is 2.22.